The molecule has 29 heavy (non-hydrogen) atoms. The van der Waals surface area contributed by atoms with Crippen LogP contribution in [-0.2, 0) is 11.3 Å². The van der Waals surface area contributed by atoms with Gasteiger partial charge in [-0.2, -0.15) is 5.10 Å². The summed E-state index contributed by atoms with van der Waals surface area (Å²) in [6, 6.07) is 9.18. The lowest BCUT2D eigenvalue weighted by Crippen LogP contribution is -2.41. The van der Waals surface area contributed by atoms with Crippen LogP contribution in [-0.4, -0.2) is 50.8 Å². The number of hydrogen-bond donors (Lipinski definition) is 0. The molecule has 0 spiro atoms. The van der Waals surface area contributed by atoms with E-state index in [1.807, 2.05) is 29.2 Å². The summed E-state index contributed by atoms with van der Waals surface area (Å²) in [6.45, 7) is 1.57. The van der Waals surface area contributed by atoms with Crippen molar-refractivity contribution in [2.45, 2.75) is 25.3 Å². The average molecular weight is 393 g/mol. The molecule has 1 atom stereocenters. The Morgan fingerprint density at radius 2 is 2.03 bits per heavy atom. The minimum absolute atomic E-state index is 0.0533. The molecule has 0 saturated carbocycles. The summed E-state index contributed by atoms with van der Waals surface area (Å²) in [6.07, 6.45) is 8.58. The van der Waals surface area contributed by atoms with E-state index in [4.69, 9.17) is 9.47 Å². The summed E-state index contributed by atoms with van der Waals surface area (Å²) in [5.74, 6) is 1.93. The van der Waals surface area contributed by atoms with E-state index in [0.29, 0.717) is 23.9 Å². The maximum Gasteiger partial charge on any atom is 0.244 e. The zero-order valence-electron chi connectivity index (χ0n) is 16.3. The molecule has 8 nitrogen and oxygen atoms in total. The van der Waals surface area contributed by atoms with Crippen molar-refractivity contribution in [3.63, 3.8) is 0 Å². The Balaban J connectivity index is 1.49. The molecule has 1 fully saturated rings. The Labute approximate surface area is 169 Å². The van der Waals surface area contributed by atoms with Gasteiger partial charge in [-0.3, -0.25) is 14.5 Å². The van der Waals surface area contributed by atoms with Crippen LogP contribution in [0.4, 0.5) is 0 Å². The first-order valence-electron chi connectivity index (χ1n) is 9.61. The molecule has 4 rings (SSSR count). The third kappa shape index (κ3) is 4.53. The molecule has 3 aromatic rings. The largest absolute Gasteiger partial charge is 0.497 e. The second-order valence-electron chi connectivity index (χ2n) is 6.91. The number of benzene rings is 1. The van der Waals surface area contributed by atoms with Crippen molar-refractivity contribution in [2.24, 2.45) is 0 Å². The molecule has 1 aliphatic heterocycles. The number of piperidine rings is 1. The van der Waals surface area contributed by atoms with Crippen LogP contribution in [0.3, 0.4) is 0 Å². The maximum absolute atomic E-state index is 12.7. The lowest BCUT2D eigenvalue weighted by Gasteiger charge is -2.32. The van der Waals surface area contributed by atoms with Gasteiger partial charge in [0.15, 0.2) is 0 Å². The molecule has 8 heteroatoms. The fourth-order valence-corrected chi connectivity index (χ4v) is 3.53. The highest BCUT2D eigenvalue weighted by atomic mass is 16.5. The fraction of sp³-hybridized carbons (Fsp3) is 0.333. The summed E-state index contributed by atoms with van der Waals surface area (Å²) in [5.41, 5.74) is 0.770. The van der Waals surface area contributed by atoms with Crippen molar-refractivity contribution in [2.75, 3.05) is 20.2 Å². The zero-order chi connectivity index (χ0) is 20.1. The average Bonchev–Trinajstić information content (AvgIpc) is 3.27. The lowest BCUT2D eigenvalue weighted by atomic mass is 9.94. The molecule has 0 radical (unpaired) electrons. The second-order valence-corrected chi connectivity index (χ2v) is 6.91. The van der Waals surface area contributed by atoms with Crippen molar-refractivity contribution < 1.29 is 14.3 Å². The molecule has 3 heterocycles. The highest BCUT2D eigenvalue weighted by molar-refractivity contribution is 5.76. The van der Waals surface area contributed by atoms with Gasteiger partial charge in [0.1, 0.15) is 23.7 Å². The highest BCUT2D eigenvalue weighted by Crippen LogP contribution is 2.33. The van der Waals surface area contributed by atoms with Crippen LogP contribution in [0.15, 0.2) is 55.1 Å². The molecule has 2 aromatic heterocycles. The van der Waals surface area contributed by atoms with Crippen LogP contribution in [0.1, 0.15) is 24.5 Å². The van der Waals surface area contributed by atoms with Gasteiger partial charge in [-0.25, -0.2) is 4.98 Å². The number of ether oxygens (including phenoxy) is 2. The van der Waals surface area contributed by atoms with Gasteiger partial charge in [-0.15, -0.1) is 0 Å². The smallest absolute Gasteiger partial charge is 0.244 e. The van der Waals surface area contributed by atoms with E-state index in [9.17, 15) is 4.79 Å². The van der Waals surface area contributed by atoms with Gasteiger partial charge >= 0.3 is 0 Å². The van der Waals surface area contributed by atoms with E-state index < -0.39 is 0 Å². The SMILES string of the molecule is COc1cccc(Oc2nccnc2[C@H]2CCCN(C(=O)Cn3cccn3)C2)c1. The summed E-state index contributed by atoms with van der Waals surface area (Å²) in [7, 11) is 1.61. The third-order valence-corrected chi connectivity index (χ3v) is 4.96. The molecule has 1 amide bonds. The van der Waals surface area contributed by atoms with Crippen molar-refractivity contribution in [1.82, 2.24) is 24.6 Å². The van der Waals surface area contributed by atoms with E-state index in [-0.39, 0.29) is 18.4 Å². The third-order valence-electron chi connectivity index (χ3n) is 4.96. The highest BCUT2D eigenvalue weighted by Gasteiger charge is 2.28. The number of carbonyl (C=O) groups is 1. The van der Waals surface area contributed by atoms with Gasteiger partial charge in [0, 0.05) is 49.9 Å². The van der Waals surface area contributed by atoms with Crippen LogP contribution in [0, 0.1) is 0 Å². The molecule has 1 aliphatic rings. The number of hydrogen-bond acceptors (Lipinski definition) is 6. The topological polar surface area (TPSA) is 82.4 Å². The number of methoxy groups -OCH3 is 1. The van der Waals surface area contributed by atoms with E-state index in [0.717, 1.165) is 25.1 Å². The Hall–Kier alpha value is -3.42. The molecule has 0 aliphatic carbocycles. The Kier molecular flexibility index (Phi) is 5.69. The molecule has 0 bridgehead atoms. The minimum Gasteiger partial charge on any atom is -0.497 e. The summed E-state index contributed by atoms with van der Waals surface area (Å²) >= 11 is 0. The first-order valence-corrected chi connectivity index (χ1v) is 9.61. The van der Waals surface area contributed by atoms with Crippen LogP contribution < -0.4 is 9.47 Å². The fourth-order valence-electron chi connectivity index (χ4n) is 3.53. The van der Waals surface area contributed by atoms with Gasteiger partial charge < -0.3 is 14.4 Å². The molecule has 0 unspecified atom stereocenters. The van der Waals surface area contributed by atoms with Crippen molar-refractivity contribution in [3.05, 3.63) is 60.8 Å². The van der Waals surface area contributed by atoms with E-state index in [1.54, 1.807) is 42.6 Å². The van der Waals surface area contributed by atoms with Gasteiger partial charge in [0.25, 0.3) is 0 Å². The molecule has 150 valence electrons. The predicted octanol–water partition coefficient (Wildman–Crippen LogP) is 2.88. The summed E-state index contributed by atoms with van der Waals surface area (Å²) in [5, 5.41) is 4.12. The van der Waals surface area contributed by atoms with Gasteiger partial charge in [-0.1, -0.05) is 6.07 Å². The minimum atomic E-state index is 0.0533. The van der Waals surface area contributed by atoms with E-state index >= 15 is 0 Å². The van der Waals surface area contributed by atoms with Gasteiger partial charge in [-0.05, 0) is 31.0 Å². The Morgan fingerprint density at radius 3 is 2.86 bits per heavy atom. The molecule has 0 N–H and O–H groups in total. The van der Waals surface area contributed by atoms with Crippen LogP contribution in [0.25, 0.3) is 0 Å². The molecule has 1 saturated heterocycles. The standard InChI is InChI=1S/C21H23N5O3/c1-28-17-6-2-7-18(13-17)29-21-20(22-9-10-23-21)16-5-3-11-25(14-16)19(27)15-26-12-4-8-24-26/h2,4,6-10,12-13,16H,3,5,11,14-15H2,1H3/t16-/m0/s1. The van der Waals surface area contributed by atoms with Crippen LogP contribution in [0.5, 0.6) is 17.4 Å². The van der Waals surface area contributed by atoms with Gasteiger partial charge in [0.2, 0.25) is 11.8 Å². The summed E-state index contributed by atoms with van der Waals surface area (Å²) < 4.78 is 12.9. The first kappa shape index (κ1) is 18.9. The van der Waals surface area contributed by atoms with Gasteiger partial charge in [0.05, 0.1) is 7.11 Å². The number of nitrogens with zero attached hydrogens (tertiary/aromatic N) is 5. The van der Waals surface area contributed by atoms with Crippen molar-refractivity contribution in [1.29, 1.82) is 0 Å². The quantitative estimate of drug-likeness (QED) is 0.640. The Morgan fingerprint density at radius 1 is 1.17 bits per heavy atom. The number of likely N-dealkylation sites (tertiary alicyclic amines) is 1. The number of rotatable bonds is 6. The Bertz CT molecular complexity index is 960. The number of carbonyl (C=O) groups excluding carboxylic acids is 1. The molecule has 1 aromatic carbocycles. The van der Waals surface area contributed by atoms with Crippen LogP contribution >= 0.6 is 0 Å². The second kappa shape index (κ2) is 8.72. The normalized spacial score (nSPS) is 16.4. The predicted molar refractivity (Wildman–Crippen MR) is 106 cm³/mol. The molecular formula is C21H23N5O3. The lowest BCUT2D eigenvalue weighted by molar-refractivity contribution is -0.133. The van der Waals surface area contributed by atoms with Crippen molar-refractivity contribution >= 4 is 5.91 Å². The van der Waals surface area contributed by atoms with E-state index in [2.05, 4.69) is 15.1 Å². The van der Waals surface area contributed by atoms with Crippen molar-refractivity contribution in [3.8, 4) is 17.4 Å². The first-order chi connectivity index (χ1) is 14.2. The summed E-state index contributed by atoms with van der Waals surface area (Å²) in [4.78, 5) is 23.5. The maximum atomic E-state index is 12.7. The number of amides is 1. The molecular weight excluding hydrogens is 370 g/mol. The van der Waals surface area contributed by atoms with E-state index in [1.165, 1.54) is 0 Å². The van der Waals surface area contributed by atoms with Crippen LogP contribution in [0.2, 0.25) is 0 Å². The zero-order valence-corrected chi connectivity index (χ0v) is 16.3. The number of aromatic nitrogens is 4. The monoisotopic (exact) mass is 393 g/mol.